The molecule has 0 amide bonds. The zero-order valence-corrected chi connectivity index (χ0v) is 24.5. The monoisotopic (exact) mass is 717 g/mol. The maximum Gasteiger partial charge on any atom is 0.422 e. The summed E-state index contributed by atoms with van der Waals surface area (Å²) in [6.45, 7) is 11.4. The molecule has 10 heteroatoms. The normalized spacial score (nSPS) is 20.2. The van der Waals surface area contributed by atoms with Gasteiger partial charge in [0.15, 0.2) is 0 Å². The molecule has 0 radical (unpaired) electrons. The summed E-state index contributed by atoms with van der Waals surface area (Å²) >= 11 is 0. The predicted octanol–water partition coefficient (Wildman–Crippen LogP) is 4.28. The molecule has 0 spiro atoms. The number of likely N-dealkylation sites (tertiary alicyclic amines) is 1. The van der Waals surface area contributed by atoms with Gasteiger partial charge in [-0.3, -0.25) is 14.5 Å². The first-order valence-corrected chi connectivity index (χ1v) is 12.5. The predicted molar refractivity (Wildman–Crippen MR) is 122 cm³/mol. The molecule has 1 saturated heterocycles. The van der Waals surface area contributed by atoms with Gasteiger partial charge in [-0.15, -0.1) is 0 Å². The number of H-pyrrole nitrogens is 1. The number of hydrogen-bond donors (Lipinski definition) is 1. The third-order valence-electron chi connectivity index (χ3n) is 7.39. The van der Waals surface area contributed by atoms with E-state index in [0.717, 1.165) is 44.5 Å². The summed E-state index contributed by atoms with van der Waals surface area (Å²) in [6.07, 6.45) is 2.82. The molecule has 0 bridgehead atoms. The molecule has 4 rings (SSSR count). The van der Waals surface area contributed by atoms with E-state index in [4.69, 9.17) is 6.58 Å². The average molecular weight is 718 g/mol. The number of aromatic amines is 1. The number of carbonyl (C=O) groups is 1. The van der Waals surface area contributed by atoms with Crippen LogP contribution in [-0.4, -0.2) is 52.0 Å². The number of carbonyl (C=O) groups excluding carboxylic acids is 1. The fourth-order valence-corrected chi connectivity index (χ4v) is 5.33. The first kappa shape index (κ1) is 28.5. The summed E-state index contributed by atoms with van der Waals surface area (Å²) in [5, 5.41) is 5.95. The Balaban J connectivity index is 0.00000342. The van der Waals surface area contributed by atoms with E-state index in [-0.39, 0.29) is 60.8 Å². The minimum atomic E-state index is -4.70. The van der Waals surface area contributed by atoms with E-state index in [0.29, 0.717) is 37.5 Å². The van der Waals surface area contributed by atoms with Crippen LogP contribution in [0.5, 0.6) is 0 Å². The van der Waals surface area contributed by atoms with Crippen molar-refractivity contribution in [2.75, 3.05) is 26.2 Å². The summed E-state index contributed by atoms with van der Waals surface area (Å²) in [5.41, 5.74) is -0.969. The molecule has 35 heavy (non-hydrogen) atoms. The summed E-state index contributed by atoms with van der Waals surface area (Å²) in [6, 6.07) is -0.269. The number of rotatable bonds is 12. The number of alkyl halides is 3. The zero-order valence-electron chi connectivity index (χ0n) is 20.3. The summed E-state index contributed by atoms with van der Waals surface area (Å²) < 4.78 is 39.9. The maximum absolute atomic E-state index is 13.3. The van der Waals surface area contributed by atoms with Crippen molar-refractivity contribution >= 4 is 5.78 Å². The van der Waals surface area contributed by atoms with E-state index < -0.39 is 17.3 Å². The zero-order chi connectivity index (χ0) is 24.5. The summed E-state index contributed by atoms with van der Waals surface area (Å²) in [5.74, 6) is 0.732. The topological polar surface area (TPSA) is 69.3 Å². The molecule has 0 aromatic carbocycles. The molecular weight excluding hydrogens is 683 g/mol. The van der Waals surface area contributed by atoms with Crippen molar-refractivity contribution in [2.24, 2.45) is 11.8 Å². The Morgan fingerprint density at radius 3 is 2.49 bits per heavy atom. The van der Waals surface area contributed by atoms with E-state index >= 15 is 0 Å². The fraction of sp³-hybridized carbons (Fsp3) is 0.720. The number of unbranched alkanes of at least 4 members (excludes halogenated alkanes) is 2. The molecule has 1 unspecified atom stereocenters. The molecule has 1 aliphatic heterocycles. The Morgan fingerprint density at radius 1 is 1.14 bits per heavy atom. The number of ketones is 1. The number of Topliss-reactive ketones (excluding diaryl/α,β-unsaturated/α-hetero) is 1. The average Bonchev–Trinajstić information content (AvgIpc) is 3.51. The summed E-state index contributed by atoms with van der Waals surface area (Å²) in [7, 11) is 0. The van der Waals surface area contributed by atoms with Gasteiger partial charge in [0, 0.05) is 69.6 Å². The van der Waals surface area contributed by atoms with Gasteiger partial charge in [-0.2, -0.15) is 24.0 Å². The van der Waals surface area contributed by atoms with Gasteiger partial charge in [-0.1, -0.05) is 13.3 Å². The Morgan fingerprint density at radius 2 is 1.86 bits per heavy atom. The van der Waals surface area contributed by atoms with Crippen molar-refractivity contribution in [3.63, 3.8) is 0 Å². The van der Waals surface area contributed by atoms with Crippen molar-refractivity contribution in [1.82, 2.24) is 20.0 Å². The molecule has 192 valence electrons. The molecule has 1 saturated carbocycles. The molecule has 1 aromatic rings. The molecule has 1 atom stereocenters. The van der Waals surface area contributed by atoms with Crippen molar-refractivity contribution in [3.05, 3.63) is 39.5 Å². The standard InChI is InChI=1S/C25H34F3N4O2.U/c1-3-12-31(16(2)17-8-9-17)13-6-4-5-7-21(33)18-14-32(15-18)20-11-10-19-22(25(26,27)28)24(34)30-29-23(19)20;/h2,17-18,20H,3-15H2,1H3,(H,30,34);/q-1;. The second-order valence-electron chi connectivity index (χ2n) is 9.96. The van der Waals surface area contributed by atoms with Gasteiger partial charge < -0.3 is 11.5 Å². The minimum Gasteiger partial charge on any atom is -0.493 e. The number of nitrogens with zero attached hydrogens (tertiary/aromatic N) is 3. The van der Waals surface area contributed by atoms with Crippen LogP contribution in [0.2, 0.25) is 0 Å². The summed E-state index contributed by atoms with van der Waals surface area (Å²) in [4.78, 5) is 28.6. The van der Waals surface area contributed by atoms with E-state index in [1.54, 1.807) is 0 Å². The molecule has 3 aliphatic rings. The third kappa shape index (κ3) is 6.61. The molecule has 2 aliphatic carbocycles. The molecule has 1 aromatic heterocycles. The maximum atomic E-state index is 13.3. The number of halogens is 3. The second-order valence-corrected chi connectivity index (χ2v) is 9.96. The van der Waals surface area contributed by atoms with Crippen molar-refractivity contribution < 1.29 is 49.1 Å². The van der Waals surface area contributed by atoms with Crippen LogP contribution >= 0.6 is 0 Å². The molecule has 1 N–H and O–H groups in total. The number of hydrogen-bond acceptors (Lipinski definition) is 5. The largest absolute Gasteiger partial charge is 0.493 e. The number of aromatic nitrogens is 2. The minimum absolute atomic E-state index is 0. The molecule has 2 fully saturated rings. The second kappa shape index (κ2) is 12.0. The quantitative estimate of drug-likeness (QED) is 0.259. The Hall–Kier alpha value is -1.11. The van der Waals surface area contributed by atoms with E-state index in [1.807, 2.05) is 10.00 Å². The van der Waals surface area contributed by atoms with Gasteiger partial charge in [0.25, 0.3) is 5.56 Å². The first-order chi connectivity index (χ1) is 16.2. The number of fused-ring (bicyclic) bond motifs is 1. The van der Waals surface area contributed by atoms with Crippen LogP contribution in [0.25, 0.3) is 0 Å². The molecule has 2 heterocycles. The van der Waals surface area contributed by atoms with Gasteiger partial charge in [0.2, 0.25) is 0 Å². The number of nitrogens with one attached hydrogen (secondary N) is 1. The molecular formula is C25H34F3N4O2U-. The van der Waals surface area contributed by atoms with Gasteiger partial charge in [-0.25, -0.2) is 5.10 Å². The van der Waals surface area contributed by atoms with Crippen molar-refractivity contribution in [3.8, 4) is 0 Å². The van der Waals surface area contributed by atoms with E-state index in [2.05, 4.69) is 16.9 Å². The van der Waals surface area contributed by atoms with Gasteiger partial charge >= 0.3 is 6.18 Å². The van der Waals surface area contributed by atoms with Crippen molar-refractivity contribution in [2.45, 2.75) is 76.9 Å². The SMILES string of the molecule is [CH-]=C(C1CC1)N(CCC)CCCCCC(=O)C1CN(C2CCc3c2n[nH]c(=O)c3C(F)(F)F)C1.[U]. The number of allylic oxidation sites excluding steroid dienone is 1. The van der Waals surface area contributed by atoms with Crippen LogP contribution < -0.4 is 5.56 Å². The Bertz CT molecular complexity index is 970. The Kier molecular flexibility index (Phi) is 9.72. The Labute approximate surface area is 228 Å². The van der Waals surface area contributed by atoms with Crippen LogP contribution in [0.3, 0.4) is 0 Å². The molecule has 6 nitrogen and oxygen atoms in total. The van der Waals surface area contributed by atoms with E-state index in [1.165, 1.54) is 12.8 Å². The van der Waals surface area contributed by atoms with Gasteiger partial charge in [0.1, 0.15) is 11.3 Å². The van der Waals surface area contributed by atoms with Crippen LogP contribution in [0.1, 0.15) is 81.2 Å². The van der Waals surface area contributed by atoms with Gasteiger partial charge in [-0.05, 0) is 56.4 Å². The van der Waals surface area contributed by atoms with Crippen LogP contribution in [0.15, 0.2) is 10.5 Å². The first-order valence-electron chi connectivity index (χ1n) is 12.5. The smallest absolute Gasteiger partial charge is 0.422 e. The van der Waals surface area contributed by atoms with Crippen LogP contribution in [0, 0.1) is 49.5 Å². The third-order valence-corrected chi connectivity index (χ3v) is 7.39. The van der Waals surface area contributed by atoms with E-state index in [9.17, 15) is 22.8 Å². The van der Waals surface area contributed by atoms with Gasteiger partial charge in [0.05, 0.1) is 11.7 Å². The van der Waals surface area contributed by atoms with Crippen molar-refractivity contribution in [1.29, 1.82) is 0 Å². The van der Waals surface area contributed by atoms with Crippen LogP contribution in [0.4, 0.5) is 13.2 Å². The fourth-order valence-electron chi connectivity index (χ4n) is 5.33. The van der Waals surface area contributed by atoms with Crippen LogP contribution in [-0.2, 0) is 17.4 Å².